The summed E-state index contributed by atoms with van der Waals surface area (Å²) in [7, 11) is 0. The topological polar surface area (TPSA) is 96.1 Å². The Morgan fingerprint density at radius 2 is 2.24 bits per heavy atom. The minimum Gasteiger partial charge on any atom is -0.366 e. The smallest absolute Gasteiger partial charge is 0.240 e. The Labute approximate surface area is 125 Å². The molecular formula is C12H14ClN7O. The van der Waals surface area contributed by atoms with E-state index in [-0.39, 0.29) is 12.2 Å². The van der Waals surface area contributed by atoms with Crippen molar-refractivity contribution in [3.63, 3.8) is 0 Å². The van der Waals surface area contributed by atoms with E-state index in [9.17, 15) is 0 Å². The summed E-state index contributed by atoms with van der Waals surface area (Å²) in [6, 6.07) is 0. The van der Waals surface area contributed by atoms with Crippen molar-refractivity contribution in [3.8, 4) is 11.3 Å². The number of hydrogen-bond donors (Lipinski definition) is 1. The highest BCUT2D eigenvalue weighted by molar-refractivity contribution is 6.32. The molecule has 3 aromatic heterocycles. The molecular weight excluding hydrogens is 294 g/mol. The molecule has 1 atom stereocenters. The van der Waals surface area contributed by atoms with Gasteiger partial charge in [-0.15, -0.1) is 5.10 Å². The van der Waals surface area contributed by atoms with Gasteiger partial charge >= 0.3 is 0 Å². The van der Waals surface area contributed by atoms with Gasteiger partial charge in [-0.2, -0.15) is 14.6 Å². The molecule has 3 rings (SSSR count). The molecule has 0 saturated heterocycles. The third kappa shape index (κ3) is 2.43. The Bertz CT molecular complexity index is 781. The van der Waals surface area contributed by atoms with Crippen LogP contribution in [0.25, 0.3) is 16.9 Å². The van der Waals surface area contributed by atoms with E-state index in [1.165, 1.54) is 4.52 Å². The highest BCUT2D eigenvalue weighted by atomic mass is 35.5. The largest absolute Gasteiger partial charge is 0.366 e. The number of fused-ring (bicyclic) bond motifs is 1. The Kier molecular flexibility index (Phi) is 3.48. The Balaban J connectivity index is 2.02. The first-order chi connectivity index (χ1) is 10.1. The van der Waals surface area contributed by atoms with Crippen molar-refractivity contribution in [2.75, 3.05) is 12.3 Å². The molecule has 0 bridgehead atoms. The van der Waals surface area contributed by atoms with Gasteiger partial charge in [-0.3, -0.25) is 0 Å². The average Bonchev–Trinajstić information content (AvgIpc) is 3.06. The second kappa shape index (κ2) is 5.30. The van der Waals surface area contributed by atoms with Crippen LogP contribution in [-0.4, -0.2) is 36.0 Å². The summed E-state index contributed by atoms with van der Waals surface area (Å²) in [5.41, 5.74) is 7.39. The van der Waals surface area contributed by atoms with Crippen molar-refractivity contribution in [2.45, 2.75) is 20.1 Å². The van der Waals surface area contributed by atoms with Crippen LogP contribution in [-0.2, 0) is 4.74 Å². The number of aromatic nitrogens is 6. The lowest BCUT2D eigenvalue weighted by molar-refractivity contribution is 0.0160. The van der Waals surface area contributed by atoms with Crippen LogP contribution in [0.3, 0.4) is 0 Å². The lowest BCUT2D eigenvalue weighted by Crippen LogP contribution is -2.09. The Morgan fingerprint density at radius 3 is 3.00 bits per heavy atom. The first-order valence-electron chi connectivity index (χ1n) is 6.43. The van der Waals surface area contributed by atoms with Crippen molar-refractivity contribution < 1.29 is 4.74 Å². The highest BCUT2D eigenvalue weighted by Gasteiger charge is 2.15. The van der Waals surface area contributed by atoms with Crippen LogP contribution in [0.1, 0.15) is 20.1 Å². The molecule has 3 aromatic rings. The summed E-state index contributed by atoms with van der Waals surface area (Å²) in [6.07, 6.45) is 4.90. The molecule has 0 saturated carbocycles. The third-order valence-corrected chi connectivity index (χ3v) is 3.33. The summed E-state index contributed by atoms with van der Waals surface area (Å²) in [6.45, 7) is 4.46. The zero-order chi connectivity index (χ0) is 15.0. The maximum Gasteiger partial charge on any atom is 0.240 e. The molecule has 0 spiro atoms. The van der Waals surface area contributed by atoms with Gasteiger partial charge in [-0.05, 0) is 13.8 Å². The van der Waals surface area contributed by atoms with Crippen molar-refractivity contribution in [2.24, 2.45) is 0 Å². The third-order valence-electron chi connectivity index (χ3n) is 2.99. The van der Waals surface area contributed by atoms with Gasteiger partial charge in [-0.1, -0.05) is 11.6 Å². The molecule has 110 valence electrons. The summed E-state index contributed by atoms with van der Waals surface area (Å²) in [5, 5.41) is 8.62. The number of anilines is 1. The van der Waals surface area contributed by atoms with Crippen molar-refractivity contribution >= 4 is 23.2 Å². The van der Waals surface area contributed by atoms with Crippen molar-refractivity contribution in [1.29, 1.82) is 0 Å². The molecule has 0 aliphatic carbocycles. The van der Waals surface area contributed by atoms with Gasteiger partial charge in [0.15, 0.2) is 10.8 Å². The van der Waals surface area contributed by atoms with E-state index in [0.717, 1.165) is 5.56 Å². The number of hydrogen-bond acceptors (Lipinski definition) is 6. The van der Waals surface area contributed by atoms with Crippen LogP contribution in [0.15, 0.2) is 18.6 Å². The van der Waals surface area contributed by atoms with Gasteiger partial charge in [0.1, 0.15) is 11.9 Å². The predicted octanol–water partition coefficient (Wildman–Crippen LogP) is 1.78. The zero-order valence-electron chi connectivity index (χ0n) is 11.6. The maximum absolute atomic E-state index is 6.31. The molecule has 0 fully saturated rings. The van der Waals surface area contributed by atoms with Crippen molar-refractivity contribution in [3.05, 3.63) is 23.7 Å². The van der Waals surface area contributed by atoms with Gasteiger partial charge in [0, 0.05) is 18.4 Å². The number of ether oxygens (including phenoxy) is 1. The van der Waals surface area contributed by atoms with Crippen LogP contribution >= 0.6 is 11.6 Å². The summed E-state index contributed by atoms with van der Waals surface area (Å²) < 4.78 is 8.64. The van der Waals surface area contributed by atoms with E-state index in [1.807, 2.05) is 20.0 Å². The SMILES string of the molecule is CCOC(C)n1cc(-c2ncc3nc(N)nn3c2Cl)cn1. The second-order valence-electron chi connectivity index (χ2n) is 4.40. The van der Waals surface area contributed by atoms with E-state index in [2.05, 4.69) is 20.2 Å². The molecule has 3 heterocycles. The van der Waals surface area contributed by atoms with E-state index < -0.39 is 0 Å². The number of nitrogens with zero attached hydrogens (tertiary/aromatic N) is 6. The van der Waals surface area contributed by atoms with E-state index in [0.29, 0.717) is 23.1 Å². The van der Waals surface area contributed by atoms with Gasteiger partial charge < -0.3 is 10.5 Å². The van der Waals surface area contributed by atoms with Crippen LogP contribution < -0.4 is 5.73 Å². The summed E-state index contributed by atoms with van der Waals surface area (Å²) in [4.78, 5) is 8.31. The molecule has 8 nitrogen and oxygen atoms in total. The van der Waals surface area contributed by atoms with Crippen LogP contribution in [0.2, 0.25) is 5.15 Å². The normalized spacial score (nSPS) is 12.9. The fourth-order valence-electron chi connectivity index (χ4n) is 2.02. The lowest BCUT2D eigenvalue weighted by atomic mass is 10.3. The van der Waals surface area contributed by atoms with Gasteiger partial charge in [0.25, 0.3) is 0 Å². The van der Waals surface area contributed by atoms with Crippen molar-refractivity contribution in [1.82, 2.24) is 29.4 Å². The summed E-state index contributed by atoms with van der Waals surface area (Å²) in [5.74, 6) is 0.150. The fraction of sp³-hybridized carbons (Fsp3) is 0.333. The molecule has 0 aromatic carbocycles. The van der Waals surface area contributed by atoms with Gasteiger partial charge in [0.2, 0.25) is 5.95 Å². The molecule has 2 N–H and O–H groups in total. The monoisotopic (exact) mass is 307 g/mol. The fourth-order valence-corrected chi connectivity index (χ4v) is 2.30. The van der Waals surface area contributed by atoms with E-state index in [4.69, 9.17) is 22.1 Å². The first kappa shape index (κ1) is 13.8. The number of nitrogen functional groups attached to an aromatic ring is 1. The molecule has 1 unspecified atom stereocenters. The van der Waals surface area contributed by atoms with E-state index in [1.54, 1.807) is 17.1 Å². The molecule has 9 heteroatoms. The lowest BCUT2D eigenvalue weighted by Gasteiger charge is -2.11. The first-order valence-corrected chi connectivity index (χ1v) is 6.80. The molecule has 0 aliphatic heterocycles. The Morgan fingerprint density at radius 1 is 1.43 bits per heavy atom. The quantitative estimate of drug-likeness (QED) is 0.789. The number of halogens is 1. The molecule has 21 heavy (non-hydrogen) atoms. The Hall–Kier alpha value is -2.19. The maximum atomic E-state index is 6.31. The minimum atomic E-state index is -0.159. The van der Waals surface area contributed by atoms with Gasteiger partial charge in [0.05, 0.1) is 12.4 Å². The summed E-state index contributed by atoms with van der Waals surface area (Å²) >= 11 is 6.31. The van der Waals surface area contributed by atoms with Crippen LogP contribution in [0.4, 0.5) is 5.95 Å². The average molecular weight is 308 g/mol. The van der Waals surface area contributed by atoms with Gasteiger partial charge in [-0.25, -0.2) is 9.67 Å². The minimum absolute atomic E-state index is 0.150. The number of rotatable bonds is 4. The van der Waals surface area contributed by atoms with Crippen LogP contribution in [0.5, 0.6) is 0 Å². The second-order valence-corrected chi connectivity index (χ2v) is 4.76. The zero-order valence-corrected chi connectivity index (χ0v) is 12.3. The van der Waals surface area contributed by atoms with E-state index >= 15 is 0 Å². The number of nitrogens with two attached hydrogens (primary N) is 1. The molecule has 0 radical (unpaired) electrons. The molecule has 0 aliphatic rings. The highest BCUT2D eigenvalue weighted by Crippen LogP contribution is 2.26. The molecule has 0 amide bonds. The standard InChI is InChI=1S/C12H14ClN7O/c1-3-21-7(2)19-6-8(4-16-19)10-11(13)20-9(5-15-10)17-12(14)18-20/h4-7H,3H2,1-2H3,(H2,14,18). The van der Waals surface area contributed by atoms with Crippen LogP contribution in [0, 0.1) is 0 Å². The predicted molar refractivity (Wildman–Crippen MR) is 77.8 cm³/mol.